The average Bonchev–Trinajstić information content (AvgIpc) is 3.08. The van der Waals surface area contributed by atoms with Crippen molar-refractivity contribution in [1.29, 1.82) is 0 Å². The fourth-order valence-electron chi connectivity index (χ4n) is 2.37. The van der Waals surface area contributed by atoms with Crippen molar-refractivity contribution >= 4 is 36.0 Å². The van der Waals surface area contributed by atoms with Crippen molar-refractivity contribution in [3.63, 3.8) is 0 Å². The number of hydrogen-bond donors (Lipinski definition) is 4. The van der Waals surface area contributed by atoms with Crippen molar-refractivity contribution in [2.45, 2.75) is 72.1 Å². The number of amides is 1. The van der Waals surface area contributed by atoms with E-state index in [9.17, 15) is 4.79 Å². The van der Waals surface area contributed by atoms with Gasteiger partial charge in [0.25, 0.3) is 0 Å². The molecular weight excluding hydrogens is 459 g/mol. The summed E-state index contributed by atoms with van der Waals surface area (Å²) in [6.07, 6.45) is 2.85. The fourth-order valence-corrected chi connectivity index (χ4v) is 2.37. The minimum Gasteiger partial charge on any atom is -0.444 e. The Labute approximate surface area is 179 Å². The molecule has 0 radical (unpaired) electrons. The molecule has 1 aromatic heterocycles. The summed E-state index contributed by atoms with van der Waals surface area (Å²) in [5.74, 6) is 0.694. The highest BCUT2D eigenvalue weighted by atomic mass is 127. The minimum absolute atomic E-state index is 0. The zero-order valence-electron chi connectivity index (χ0n) is 17.3. The number of aliphatic imine (C=N–C) groups is 1. The molecule has 0 fully saturated rings. The molecule has 4 N–H and O–H groups in total. The van der Waals surface area contributed by atoms with E-state index in [1.807, 2.05) is 33.8 Å². The molecule has 0 aliphatic rings. The lowest BCUT2D eigenvalue weighted by Crippen LogP contribution is -2.57. The third kappa shape index (κ3) is 9.83. The number of alkyl carbamates (subject to hydrolysis) is 1. The lowest BCUT2D eigenvalue weighted by atomic mass is 9.93. The maximum atomic E-state index is 12.2. The molecule has 156 valence electrons. The van der Waals surface area contributed by atoms with Gasteiger partial charge in [0.2, 0.25) is 0 Å². The van der Waals surface area contributed by atoms with Gasteiger partial charge < -0.3 is 20.7 Å². The standard InChI is InChI=1S/C18H34N6O2.HI/c1-7-18(8-2,23-16(25)26-17(4,5)6)13-21-15(19-9-3)20-12-14-10-11-22-24-14;/h10-11H,7-9,12-13H2,1-6H3,(H,22,24)(H,23,25)(H2,19,20,21);1H. The monoisotopic (exact) mass is 494 g/mol. The van der Waals surface area contributed by atoms with Crippen LogP contribution in [0.15, 0.2) is 17.3 Å². The number of H-pyrrole nitrogens is 1. The molecular formula is C18H35IN6O2. The fraction of sp³-hybridized carbons (Fsp3) is 0.722. The van der Waals surface area contributed by atoms with E-state index < -0.39 is 17.2 Å². The summed E-state index contributed by atoms with van der Waals surface area (Å²) in [4.78, 5) is 16.8. The molecule has 0 aliphatic heterocycles. The number of aromatic nitrogens is 2. The summed E-state index contributed by atoms with van der Waals surface area (Å²) in [5, 5.41) is 16.4. The predicted molar refractivity (Wildman–Crippen MR) is 120 cm³/mol. The highest BCUT2D eigenvalue weighted by Gasteiger charge is 2.30. The lowest BCUT2D eigenvalue weighted by molar-refractivity contribution is 0.0448. The van der Waals surface area contributed by atoms with Gasteiger partial charge in [-0.2, -0.15) is 5.10 Å². The second-order valence-corrected chi connectivity index (χ2v) is 7.24. The lowest BCUT2D eigenvalue weighted by Gasteiger charge is -2.34. The van der Waals surface area contributed by atoms with Crippen molar-refractivity contribution in [3.05, 3.63) is 18.0 Å². The maximum Gasteiger partial charge on any atom is 0.408 e. The Balaban J connectivity index is 0.00000676. The molecule has 0 spiro atoms. The number of halogens is 1. The molecule has 1 heterocycles. The van der Waals surface area contributed by atoms with Gasteiger partial charge in [0.15, 0.2) is 5.96 Å². The van der Waals surface area contributed by atoms with E-state index >= 15 is 0 Å². The quantitative estimate of drug-likeness (QED) is 0.253. The number of nitrogens with zero attached hydrogens (tertiary/aromatic N) is 2. The van der Waals surface area contributed by atoms with Gasteiger partial charge in [-0.05, 0) is 46.6 Å². The van der Waals surface area contributed by atoms with Crippen LogP contribution in [0.4, 0.5) is 4.79 Å². The third-order valence-electron chi connectivity index (χ3n) is 4.02. The predicted octanol–water partition coefficient (Wildman–Crippen LogP) is 3.17. The van der Waals surface area contributed by atoms with Crippen LogP contribution in [0.5, 0.6) is 0 Å². The van der Waals surface area contributed by atoms with E-state index in [4.69, 9.17) is 4.74 Å². The highest BCUT2D eigenvalue weighted by Crippen LogP contribution is 2.16. The van der Waals surface area contributed by atoms with Crippen LogP contribution in [0.25, 0.3) is 0 Å². The van der Waals surface area contributed by atoms with Gasteiger partial charge in [0.05, 0.1) is 17.8 Å². The molecule has 1 rings (SSSR count). The maximum absolute atomic E-state index is 12.2. The van der Waals surface area contributed by atoms with E-state index in [0.29, 0.717) is 19.0 Å². The summed E-state index contributed by atoms with van der Waals surface area (Å²) in [6.45, 7) is 13.5. The summed E-state index contributed by atoms with van der Waals surface area (Å²) in [7, 11) is 0. The van der Waals surface area contributed by atoms with E-state index in [-0.39, 0.29) is 24.0 Å². The smallest absolute Gasteiger partial charge is 0.408 e. The van der Waals surface area contributed by atoms with Crippen LogP contribution in [-0.2, 0) is 11.3 Å². The van der Waals surface area contributed by atoms with E-state index in [1.54, 1.807) is 6.20 Å². The summed E-state index contributed by atoms with van der Waals surface area (Å²) < 4.78 is 5.41. The van der Waals surface area contributed by atoms with Crippen LogP contribution in [0, 0.1) is 0 Å². The average molecular weight is 494 g/mol. The number of guanidine groups is 1. The number of nitrogens with one attached hydrogen (secondary N) is 4. The van der Waals surface area contributed by atoms with Crippen molar-refractivity contribution in [2.24, 2.45) is 4.99 Å². The molecule has 0 saturated carbocycles. The van der Waals surface area contributed by atoms with Crippen LogP contribution in [0.3, 0.4) is 0 Å². The van der Waals surface area contributed by atoms with E-state index in [2.05, 4.69) is 45.0 Å². The molecule has 1 amide bonds. The van der Waals surface area contributed by atoms with Crippen molar-refractivity contribution in [1.82, 2.24) is 26.1 Å². The number of ether oxygens (including phenoxy) is 1. The first-order valence-corrected chi connectivity index (χ1v) is 9.25. The molecule has 0 atom stereocenters. The van der Waals surface area contributed by atoms with Crippen LogP contribution >= 0.6 is 24.0 Å². The van der Waals surface area contributed by atoms with Crippen molar-refractivity contribution < 1.29 is 9.53 Å². The molecule has 0 saturated heterocycles. The second-order valence-electron chi connectivity index (χ2n) is 7.24. The number of carbonyl (C=O) groups excluding carboxylic acids is 1. The van der Waals surface area contributed by atoms with Gasteiger partial charge in [-0.1, -0.05) is 13.8 Å². The Morgan fingerprint density at radius 2 is 1.89 bits per heavy atom. The van der Waals surface area contributed by atoms with Gasteiger partial charge in [0, 0.05) is 19.3 Å². The topological polar surface area (TPSA) is 103 Å². The molecule has 0 unspecified atom stereocenters. The van der Waals surface area contributed by atoms with Crippen LogP contribution in [0.1, 0.15) is 60.1 Å². The number of hydrogen-bond acceptors (Lipinski definition) is 4. The van der Waals surface area contributed by atoms with Crippen LogP contribution in [0.2, 0.25) is 0 Å². The molecule has 0 aliphatic carbocycles. The van der Waals surface area contributed by atoms with Crippen molar-refractivity contribution in [3.8, 4) is 0 Å². The first kappa shape index (κ1) is 25.5. The van der Waals surface area contributed by atoms with Gasteiger partial charge in [0.1, 0.15) is 5.60 Å². The first-order valence-electron chi connectivity index (χ1n) is 9.25. The van der Waals surface area contributed by atoms with Crippen molar-refractivity contribution in [2.75, 3.05) is 13.1 Å². The van der Waals surface area contributed by atoms with Crippen LogP contribution in [-0.4, -0.2) is 46.5 Å². The minimum atomic E-state index is -0.523. The molecule has 9 heteroatoms. The zero-order chi connectivity index (χ0) is 19.6. The summed E-state index contributed by atoms with van der Waals surface area (Å²) in [5.41, 5.74) is 0.00359. The Bertz CT molecular complexity index is 565. The highest BCUT2D eigenvalue weighted by molar-refractivity contribution is 14.0. The van der Waals surface area contributed by atoms with Gasteiger partial charge in [-0.25, -0.2) is 9.79 Å². The van der Waals surface area contributed by atoms with Crippen LogP contribution < -0.4 is 16.0 Å². The van der Waals surface area contributed by atoms with Gasteiger partial charge in [-0.3, -0.25) is 5.10 Å². The Hall–Kier alpha value is -1.52. The molecule has 0 aromatic carbocycles. The largest absolute Gasteiger partial charge is 0.444 e. The number of aromatic amines is 1. The molecule has 0 bridgehead atoms. The summed E-state index contributed by atoms with van der Waals surface area (Å²) in [6, 6.07) is 1.89. The number of rotatable bonds is 8. The van der Waals surface area contributed by atoms with Gasteiger partial charge in [-0.15, -0.1) is 24.0 Å². The second kappa shape index (κ2) is 12.0. The summed E-state index contributed by atoms with van der Waals surface area (Å²) >= 11 is 0. The first-order chi connectivity index (χ1) is 12.2. The van der Waals surface area contributed by atoms with E-state index in [1.165, 1.54) is 0 Å². The third-order valence-corrected chi connectivity index (χ3v) is 4.02. The Morgan fingerprint density at radius 3 is 2.37 bits per heavy atom. The zero-order valence-corrected chi connectivity index (χ0v) is 19.6. The normalized spacial score (nSPS) is 12.1. The van der Waals surface area contributed by atoms with Gasteiger partial charge >= 0.3 is 6.09 Å². The molecule has 27 heavy (non-hydrogen) atoms. The van der Waals surface area contributed by atoms with E-state index in [0.717, 1.165) is 25.1 Å². The Kier molecular flexibility index (Phi) is 11.4. The SMILES string of the molecule is CCNC(=NCc1ccn[nH]1)NCC(CC)(CC)NC(=O)OC(C)(C)C.I. The number of carbonyl (C=O) groups is 1. The molecule has 1 aromatic rings. The molecule has 8 nitrogen and oxygen atoms in total. The Morgan fingerprint density at radius 1 is 1.22 bits per heavy atom.